The van der Waals surface area contributed by atoms with Gasteiger partial charge in [0.25, 0.3) is 0 Å². The fourth-order valence-corrected chi connectivity index (χ4v) is 12.4. The maximum Gasteiger partial charge on any atom is 0.305 e. The Morgan fingerprint density at radius 2 is 0.581 bits per heavy atom. The number of carbonyl (C=O) groups is 2. The molecule has 1 amide bonds. The van der Waals surface area contributed by atoms with Crippen LogP contribution in [0.15, 0.2) is 36.5 Å². The predicted octanol–water partition coefficient (Wildman–Crippen LogP) is 25.8. The molecule has 6 heteroatoms. The van der Waals surface area contributed by atoms with Gasteiger partial charge in [0.15, 0.2) is 0 Å². The van der Waals surface area contributed by atoms with E-state index in [1.54, 1.807) is 0 Å². The van der Waals surface area contributed by atoms with Gasteiger partial charge >= 0.3 is 5.97 Å². The van der Waals surface area contributed by atoms with E-state index in [0.717, 1.165) is 51.4 Å². The number of ether oxygens (including phenoxy) is 1. The van der Waals surface area contributed by atoms with Crippen molar-refractivity contribution in [3.8, 4) is 0 Å². The highest BCUT2D eigenvalue weighted by Gasteiger charge is 2.20. The maximum atomic E-state index is 12.6. The number of esters is 1. The third kappa shape index (κ3) is 71.2. The maximum absolute atomic E-state index is 12.6. The van der Waals surface area contributed by atoms with Gasteiger partial charge in [0.05, 0.1) is 25.4 Å². The van der Waals surface area contributed by atoms with E-state index in [9.17, 15) is 19.8 Å². The van der Waals surface area contributed by atoms with Gasteiger partial charge in [-0.25, -0.2) is 0 Å². The zero-order chi connectivity index (χ0) is 62.0. The quantitative estimate of drug-likeness (QED) is 0.0320. The van der Waals surface area contributed by atoms with Crippen LogP contribution < -0.4 is 5.32 Å². The third-order valence-corrected chi connectivity index (χ3v) is 18.4. The molecular formula is C80H153NO5. The first kappa shape index (κ1) is 84.1. The summed E-state index contributed by atoms with van der Waals surface area (Å²) in [5, 5.41) is 23.5. The van der Waals surface area contributed by atoms with Crippen LogP contribution in [0.25, 0.3) is 0 Å². The standard InChI is InChI=1S/C80H153NO5/c1-3-5-7-9-11-13-15-17-19-20-21-22-35-38-41-45-48-52-56-60-64-68-72-78(83)77(76-82)81-79(84)73-69-65-61-57-53-49-46-42-39-36-33-31-29-27-25-23-24-26-28-30-32-34-37-40-43-47-51-55-59-63-67-71-75-86-80(85)74-70-66-62-58-54-50-44-18-16-14-12-10-8-6-4-2/h12,14,18,26,28,44,77-78,82-83H,3-11,13,15-17,19-25,27,29-43,45-76H2,1-2H3,(H,81,84)/b14-12-,28-26-,44-18-. The van der Waals surface area contributed by atoms with E-state index in [4.69, 9.17) is 4.74 Å². The van der Waals surface area contributed by atoms with Crippen molar-refractivity contribution in [2.75, 3.05) is 13.2 Å². The number of aliphatic hydroxyl groups is 2. The number of aliphatic hydroxyl groups excluding tert-OH is 2. The Labute approximate surface area is 538 Å². The summed E-state index contributed by atoms with van der Waals surface area (Å²) in [6.07, 6.45) is 98.0. The Balaban J connectivity index is 3.36. The van der Waals surface area contributed by atoms with Crippen molar-refractivity contribution in [1.82, 2.24) is 5.32 Å². The second-order valence-electron chi connectivity index (χ2n) is 27.0. The summed E-state index contributed by atoms with van der Waals surface area (Å²) in [6.45, 7) is 4.97. The number of hydrogen-bond acceptors (Lipinski definition) is 5. The second-order valence-corrected chi connectivity index (χ2v) is 27.0. The van der Waals surface area contributed by atoms with Gasteiger partial charge in [0.2, 0.25) is 5.91 Å². The highest BCUT2D eigenvalue weighted by Crippen LogP contribution is 2.20. The molecule has 0 bridgehead atoms. The van der Waals surface area contributed by atoms with E-state index >= 15 is 0 Å². The molecule has 86 heavy (non-hydrogen) atoms. The number of carbonyl (C=O) groups excluding carboxylic acids is 2. The lowest BCUT2D eigenvalue weighted by Crippen LogP contribution is -2.45. The molecule has 0 saturated carbocycles. The number of rotatable bonds is 74. The molecule has 0 aliphatic rings. The van der Waals surface area contributed by atoms with E-state index in [2.05, 4.69) is 55.6 Å². The van der Waals surface area contributed by atoms with E-state index in [1.165, 1.54) is 353 Å². The van der Waals surface area contributed by atoms with Gasteiger partial charge in [-0.3, -0.25) is 9.59 Å². The Kier molecular flexibility index (Phi) is 73.9. The summed E-state index contributed by atoms with van der Waals surface area (Å²) in [5.41, 5.74) is 0. The van der Waals surface area contributed by atoms with Gasteiger partial charge in [-0.05, 0) is 83.5 Å². The smallest absolute Gasteiger partial charge is 0.305 e. The van der Waals surface area contributed by atoms with Crippen molar-refractivity contribution in [3.05, 3.63) is 36.5 Å². The summed E-state index contributed by atoms with van der Waals surface area (Å²) in [5.74, 6) is -0.0225. The SMILES string of the molecule is CCCCC/C=C\C/C=C\CCCCCCCC(=O)OCCCCCCCCCCCCCC/C=C\CCCCCCCCCCCCCCCCCCC(=O)NC(CO)C(O)CCCCCCCCCCCCCCCCCCCCCCCC. The molecule has 0 aromatic rings. The minimum atomic E-state index is -0.664. The van der Waals surface area contributed by atoms with Crippen LogP contribution in [-0.4, -0.2) is 47.4 Å². The van der Waals surface area contributed by atoms with Crippen LogP contribution in [0.5, 0.6) is 0 Å². The normalized spacial score (nSPS) is 12.7. The second kappa shape index (κ2) is 75.5. The summed E-state index contributed by atoms with van der Waals surface area (Å²) in [7, 11) is 0. The zero-order valence-corrected chi connectivity index (χ0v) is 58.3. The number of hydrogen-bond donors (Lipinski definition) is 3. The molecule has 0 fully saturated rings. The summed E-state index contributed by atoms with van der Waals surface area (Å²) in [6, 6.07) is -0.541. The molecule has 508 valence electrons. The van der Waals surface area contributed by atoms with Crippen LogP contribution in [-0.2, 0) is 14.3 Å². The fraction of sp³-hybridized carbons (Fsp3) is 0.900. The largest absolute Gasteiger partial charge is 0.466 e. The van der Waals surface area contributed by atoms with Crippen LogP contribution in [0.2, 0.25) is 0 Å². The lowest BCUT2D eigenvalue weighted by molar-refractivity contribution is -0.143. The van der Waals surface area contributed by atoms with Gasteiger partial charge in [-0.2, -0.15) is 0 Å². The molecule has 0 radical (unpaired) electrons. The number of unbranched alkanes of at least 4 members (excludes halogenated alkanes) is 57. The van der Waals surface area contributed by atoms with Crippen molar-refractivity contribution in [2.45, 2.75) is 450 Å². The highest BCUT2D eigenvalue weighted by molar-refractivity contribution is 5.76. The molecular weight excluding hydrogens is 1050 g/mol. The fourth-order valence-electron chi connectivity index (χ4n) is 12.4. The monoisotopic (exact) mass is 1210 g/mol. The third-order valence-electron chi connectivity index (χ3n) is 18.4. The Bertz CT molecular complexity index is 1390. The Morgan fingerprint density at radius 1 is 0.326 bits per heavy atom. The van der Waals surface area contributed by atoms with Crippen LogP contribution >= 0.6 is 0 Å². The molecule has 3 N–H and O–H groups in total. The molecule has 6 nitrogen and oxygen atoms in total. The molecule has 0 aromatic carbocycles. The summed E-state index contributed by atoms with van der Waals surface area (Å²) >= 11 is 0. The molecule has 0 aromatic heterocycles. The first-order chi connectivity index (χ1) is 42.5. The van der Waals surface area contributed by atoms with Gasteiger partial charge in [0.1, 0.15) is 0 Å². The topological polar surface area (TPSA) is 95.9 Å². The van der Waals surface area contributed by atoms with Gasteiger partial charge in [-0.1, -0.05) is 378 Å². The van der Waals surface area contributed by atoms with Crippen molar-refractivity contribution in [2.24, 2.45) is 0 Å². The number of allylic oxidation sites excluding steroid dienone is 6. The molecule has 2 unspecified atom stereocenters. The van der Waals surface area contributed by atoms with Crippen LogP contribution in [0, 0.1) is 0 Å². The average Bonchev–Trinajstić information content (AvgIpc) is 3.54. The van der Waals surface area contributed by atoms with Gasteiger partial charge in [-0.15, -0.1) is 0 Å². The zero-order valence-electron chi connectivity index (χ0n) is 58.3. The predicted molar refractivity (Wildman–Crippen MR) is 379 cm³/mol. The Morgan fingerprint density at radius 3 is 0.919 bits per heavy atom. The number of amides is 1. The lowest BCUT2D eigenvalue weighted by Gasteiger charge is -2.22. The highest BCUT2D eigenvalue weighted by atomic mass is 16.5. The molecule has 0 saturated heterocycles. The van der Waals surface area contributed by atoms with E-state index in [1.807, 2.05) is 0 Å². The first-order valence-electron chi connectivity index (χ1n) is 39.2. The summed E-state index contributed by atoms with van der Waals surface area (Å²) < 4.78 is 5.49. The van der Waals surface area contributed by atoms with Crippen LogP contribution in [0.4, 0.5) is 0 Å². The number of nitrogens with one attached hydrogen (secondary N) is 1. The molecule has 0 rings (SSSR count). The average molecular weight is 1210 g/mol. The minimum Gasteiger partial charge on any atom is -0.466 e. The molecule has 2 atom stereocenters. The van der Waals surface area contributed by atoms with E-state index < -0.39 is 12.1 Å². The Hall–Kier alpha value is -1.92. The van der Waals surface area contributed by atoms with Gasteiger partial charge in [0, 0.05) is 12.8 Å². The molecule has 0 heterocycles. The van der Waals surface area contributed by atoms with Crippen molar-refractivity contribution in [3.63, 3.8) is 0 Å². The molecule has 0 spiro atoms. The molecule has 0 aliphatic heterocycles. The first-order valence-corrected chi connectivity index (χ1v) is 39.2. The van der Waals surface area contributed by atoms with Crippen molar-refractivity contribution < 1.29 is 24.5 Å². The summed E-state index contributed by atoms with van der Waals surface area (Å²) in [4.78, 5) is 24.6. The van der Waals surface area contributed by atoms with Crippen LogP contribution in [0.3, 0.4) is 0 Å². The van der Waals surface area contributed by atoms with E-state index in [0.29, 0.717) is 25.9 Å². The lowest BCUT2D eigenvalue weighted by atomic mass is 10.0. The minimum absolute atomic E-state index is 0.00483. The van der Waals surface area contributed by atoms with Crippen molar-refractivity contribution >= 4 is 11.9 Å². The van der Waals surface area contributed by atoms with Crippen LogP contribution in [0.1, 0.15) is 438 Å². The van der Waals surface area contributed by atoms with Crippen molar-refractivity contribution in [1.29, 1.82) is 0 Å². The molecule has 0 aliphatic carbocycles. The van der Waals surface area contributed by atoms with E-state index in [-0.39, 0.29) is 18.5 Å². The van der Waals surface area contributed by atoms with Gasteiger partial charge < -0.3 is 20.3 Å².